The average molecular weight is 262 g/mol. The summed E-state index contributed by atoms with van der Waals surface area (Å²) in [6.45, 7) is 7.22. The van der Waals surface area contributed by atoms with Crippen molar-refractivity contribution in [1.82, 2.24) is 9.55 Å². The monoisotopic (exact) mass is 262 g/mol. The Bertz CT molecular complexity index is 626. The lowest BCUT2D eigenvalue weighted by atomic mass is 9.95. The van der Waals surface area contributed by atoms with Gasteiger partial charge in [-0.05, 0) is 0 Å². The highest BCUT2D eigenvalue weighted by Gasteiger charge is 2.25. The number of aliphatic hydroxyl groups excluding tert-OH is 1. The van der Waals surface area contributed by atoms with Crippen LogP contribution in [0.3, 0.4) is 0 Å². The standard InChI is InChI=1S/C14H18N2O3/c1-14(2,3)13-15-9-6-11-12(19-8-18-11)7-10(9)16(13)4-5-17/h6-7,17H,4-5,8H2,1-3H3. The van der Waals surface area contributed by atoms with Gasteiger partial charge in [-0.2, -0.15) is 0 Å². The number of imidazole rings is 1. The summed E-state index contributed by atoms with van der Waals surface area (Å²) < 4.78 is 12.8. The third-order valence-corrected chi connectivity index (χ3v) is 3.24. The van der Waals surface area contributed by atoms with E-state index < -0.39 is 0 Å². The molecule has 1 aromatic carbocycles. The van der Waals surface area contributed by atoms with Crippen molar-refractivity contribution >= 4 is 11.0 Å². The molecule has 2 heterocycles. The maximum absolute atomic E-state index is 9.28. The van der Waals surface area contributed by atoms with Crippen molar-refractivity contribution in [2.75, 3.05) is 13.4 Å². The molecule has 0 unspecified atom stereocenters. The van der Waals surface area contributed by atoms with Crippen molar-refractivity contribution in [3.63, 3.8) is 0 Å². The van der Waals surface area contributed by atoms with Crippen LogP contribution in [0.4, 0.5) is 0 Å². The molecule has 0 aliphatic carbocycles. The van der Waals surface area contributed by atoms with Gasteiger partial charge >= 0.3 is 0 Å². The van der Waals surface area contributed by atoms with Crippen molar-refractivity contribution in [3.05, 3.63) is 18.0 Å². The molecule has 1 aliphatic heterocycles. The second-order valence-electron chi connectivity index (χ2n) is 5.75. The van der Waals surface area contributed by atoms with E-state index in [2.05, 4.69) is 25.3 Å². The van der Waals surface area contributed by atoms with E-state index in [0.29, 0.717) is 6.54 Å². The van der Waals surface area contributed by atoms with Gasteiger partial charge in [-0.3, -0.25) is 0 Å². The highest BCUT2D eigenvalue weighted by molar-refractivity contribution is 5.81. The summed E-state index contributed by atoms with van der Waals surface area (Å²) in [5.74, 6) is 2.44. The van der Waals surface area contributed by atoms with Gasteiger partial charge in [0, 0.05) is 24.1 Å². The minimum absolute atomic E-state index is 0.0830. The largest absolute Gasteiger partial charge is 0.454 e. The van der Waals surface area contributed by atoms with E-state index in [9.17, 15) is 5.11 Å². The van der Waals surface area contributed by atoms with Crippen molar-refractivity contribution in [2.24, 2.45) is 0 Å². The summed E-state index contributed by atoms with van der Waals surface area (Å²) >= 11 is 0. The SMILES string of the molecule is CC(C)(C)c1nc2cc3c(cc2n1CCO)OCO3. The predicted molar refractivity (Wildman–Crippen MR) is 71.6 cm³/mol. The Labute approximate surface area is 111 Å². The van der Waals surface area contributed by atoms with Gasteiger partial charge in [-0.15, -0.1) is 0 Å². The second-order valence-corrected chi connectivity index (χ2v) is 5.75. The number of aromatic nitrogens is 2. The van der Waals surface area contributed by atoms with Crippen LogP contribution < -0.4 is 9.47 Å². The number of rotatable bonds is 2. The Morgan fingerprint density at radius 2 is 1.95 bits per heavy atom. The molecule has 1 aromatic heterocycles. The summed E-state index contributed by atoms with van der Waals surface area (Å²) in [4.78, 5) is 4.70. The van der Waals surface area contributed by atoms with E-state index in [4.69, 9.17) is 14.5 Å². The van der Waals surface area contributed by atoms with Crippen molar-refractivity contribution in [1.29, 1.82) is 0 Å². The minimum atomic E-state index is -0.0830. The first kappa shape index (κ1) is 12.3. The molecule has 19 heavy (non-hydrogen) atoms. The number of nitrogens with zero attached hydrogens (tertiary/aromatic N) is 2. The number of benzene rings is 1. The molecule has 0 saturated heterocycles. The molecular weight excluding hydrogens is 244 g/mol. The molecule has 0 amide bonds. The molecular formula is C14H18N2O3. The predicted octanol–water partition coefficient (Wildman–Crippen LogP) is 2.05. The lowest BCUT2D eigenvalue weighted by molar-refractivity contribution is 0.174. The molecule has 3 rings (SSSR count). The molecule has 0 saturated carbocycles. The van der Waals surface area contributed by atoms with E-state index in [1.165, 1.54) is 0 Å². The Morgan fingerprint density at radius 3 is 2.58 bits per heavy atom. The zero-order valence-electron chi connectivity index (χ0n) is 11.4. The van der Waals surface area contributed by atoms with Gasteiger partial charge in [0.05, 0.1) is 17.6 Å². The number of aliphatic hydroxyl groups is 1. The number of fused-ring (bicyclic) bond motifs is 2. The van der Waals surface area contributed by atoms with Crippen molar-refractivity contribution < 1.29 is 14.6 Å². The normalized spacial score (nSPS) is 14.3. The number of ether oxygens (including phenoxy) is 2. The Kier molecular flexibility index (Phi) is 2.67. The molecule has 0 fully saturated rings. The van der Waals surface area contributed by atoms with Crippen molar-refractivity contribution in [3.8, 4) is 11.5 Å². The van der Waals surface area contributed by atoms with Crippen LogP contribution in [0, 0.1) is 0 Å². The maximum atomic E-state index is 9.28. The fourth-order valence-electron chi connectivity index (χ4n) is 2.41. The first-order valence-electron chi connectivity index (χ1n) is 6.42. The van der Waals surface area contributed by atoms with Crippen LogP contribution in [0.1, 0.15) is 26.6 Å². The first-order valence-corrected chi connectivity index (χ1v) is 6.42. The molecule has 2 aromatic rings. The Morgan fingerprint density at radius 1 is 1.26 bits per heavy atom. The van der Waals surface area contributed by atoms with Gasteiger partial charge in [0.15, 0.2) is 11.5 Å². The second kappa shape index (κ2) is 4.13. The minimum Gasteiger partial charge on any atom is -0.454 e. The van der Waals surface area contributed by atoms with Gasteiger partial charge in [0.25, 0.3) is 0 Å². The van der Waals surface area contributed by atoms with Crippen LogP contribution in [0.25, 0.3) is 11.0 Å². The first-order chi connectivity index (χ1) is 9.00. The molecule has 1 N–H and O–H groups in total. The zero-order chi connectivity index (χ0) is 13.6. The summed E-state index contributed by atoms with van der Waals surface area (Å²) in [6, 6.07) is 3.84. The summed E-state index contributed by atoms with van der Waals surface area (Å²) in [5, 5.41) is 9.28. The van der Waals surface area contributed by atoms with E-state index in [1.807, 2.05) is 12.1 Å². The molecule has 5 heteroatoms. The van der Waals surface area contributed by atoms with Gasteiger partial charge in [-0.25, -0.2) is 4.98 Å². The quantitative estimate of drug-likeness (QED) is 0.900. The van der Waals surface area contributed by atoms with E-state index >= 15 is 0 Å². The number of hydrogen-bond donors (Lipinski definition) is 1. The molecule has 5 nitrogen and oxygen atoms in total. The van der Waals surface area contributed by atoms with E-state index in [1.54, 1.807) is 0 Å². The third-order valence-electron chi connectivity index (χ3n) is 3.24. The fraction of sp³-hybridized carbons (Fsp3) is 0.500. The van der Waals surface area contributed by atoms with Crippen LogP contribution in [-0.2, 0) is 12.0 Å². The summed E-state index contributed by atoms with van der Waals surface area (Å²) in [5.41, 5.74) is 1.77. The topological polar surface area (TPSA) is 56.5 Å². The Hall–Kier alpha value is -1.75. The average Bonchev–Trinajstić information content (AvgIpc) is 2.90. The third kappa shape index (κ3) is 1.94. The van der Waals surface area contributed by atoms with Gasteiger partial charge in [0.2, 0.25) is 6.79 Å². The Balaban J connectivity index is 2.25. The maximum Gasteiger partial charge on any atom is 0.231 e. The number of hydrogen-bond acceptors (Lipinski definition) is 4. The molecule has 0 atom stereocenters. The zero-order valence-corrected chi connectivity index (χ0v) is 11.4. The molecule has 0 spiro atoms. The van der Waals surface area contributed by atoms with Crippen LogP contribution in [-0.4, -0.2) is 28.1 Å². The summed E-state index contributed by atoms with van der Waals surface area (Å²) in [7, 11) is 0. The summed E-state index contributed by atoms with van der Waals surface area (Å²) in [6.07, 6.45) is 0. The smallest absolute Gasteiger partial charge is 0.231 e. The lowest BCUT2D eigenvalue weighted by Crippen LogP contribution is -2.20. The molecule has 0 radical (unpaired) electrons. The lowest BCUT2D eigenvalue weighted by Gasteiger charge is -2.19. The van der Waals surface area contributed by atoms with Crippen LogP contribution in [0.5, 0.6) is 11.5 Å². The van der Waals surface area contributed by atoms with Crippen LogP contribution in [0.15, 0.2) is 12.1 Å². The highest BCUT2D eigenvalue weighted by atomic mass is 16.7. The van der Waals surface area contributed by atoms with E-state index in [-0.39, 0.29) is 18.8 Å². The van der Waals surface area contributed by atoms with Crippen LogP contribution in [0.2, 0.25) is 0 Å². The van der Waals surface area contributed by atoms with E-state index in [0.717, 1.165) is 28.4 Å². The van der Waals surface area contributed by atoms with Crippen LogP contribution >= 0.6 is 0 Å². The van der Waals surface area contributed by atoms with Gasteiger partial charge in [0.1, 0.15) is 5.82 Å². The highest BCUT2D eigenvalue weighted by Crippen LogP contribution is 2.37. The molecule has 102 valence electrons. The van der Waals surface area contributed by atoms with Gasteiger partial charge in [-0.1, -0.05) is 20.8 Å². The molecule has 1 aliphatic rings. The fourth-order valence-corrected chi connectivity index (χ4v) is 2.41. The molecule has 0 bridgehead atoms. The van der Waals surface area contributed by atoms with Crippen molar-refractivity contribution in [2.45, 2.75) is 32.7 Å². The van der Waals surface area contributed by atoms with Gasteiger partial charge < -0.3 is 19.1 Å².